The van der Waals surface area contributed by atoms with Crippen molar-refractivity contribution in [3.63, 3.8) is 0 Å². The van der Waals surface area contributed by atoms with Crippen LogP contribution >= 0.6 is 0 Å². The van der Waals surface area contributed by atoms with Crippen molar-refractivity contribution < 1.29 is 9.90 Å². The minimum Gasteiger partial charge on any atom is -0.465 e. The van der Waals surface area contributed by atoms with E-state index < -0.39 is 6.09 Å². The molecule has 0 aliphatic carbocycles. The average molecular weight is 172 g/mol. The molecule has 1 heterocycles. The van der Waals surface area contributed by atoms with Crippen LogP contribution in [0.4, 0.5) is 4.79 Å². The van der Waals surface area contributed by atoms with E-state index in [4.69, 9.17) is 5.11 Å². The smallest absolute Gasteiger partial charge is 0.405 e. The van der Waals surface area contributed by atoms with Gasteiger partial charge in [0.15, 0.2) is 5.82 Å². The average Bonchev–Trinajstić information content (AvgIpc) is 2.30. The Morgan fingerprint density at radius 1 is 1.83 bits per heavy atom. The third-order valence-corrected chi connectivity index (χ3v) is 1.37. The molecule has 0 bridgehead atoms. The molecule has 1 aromatic rings. The van der Waals surface area contributed by atoms with Crippen LogP contribution in [0.1, 0.15) is 5.82 Å². The summed E-state index contributed by atoms with van der Waals surface area (Å²) in [4.78, 5) is 20.8. The van der Waals surface area contributed by atoms with Gasteiger partial charge in [0.05, 0.1) is 6.54 Å². The van der Waals surface area contributed by atoms with Gasteiger partial charge in [-0.15, -0.1) is 0 Å². The molecule has 0 aliphatic heterocycles. The molecule has 0 spiro atoms. The van der Waals surface area contributed by atoms with Crippen LogP contribution in [0, 0.1) is 0 Å². The molecule has 3 N–H and O–H groups in total. The molecular formula is C5H8N4O3. The number of aromatic amines is 1. The SMILES string of the molecule is Cn1c(CNC(=O)O)n[nH]c1=O. The fraction of sp³-hybridized carbons (Fsp3) is 0.400. The third-order valence-electron chi connectivity index (χ3n) is 1.37. The first-order valence-corrected chi connectivity index (χ1v) is 3.18. The lowest BCUT2D eigenvalue weighted by Crippen LogP contribution is -2.23. The molecule has 0 atom stereocenters. The molecule has 0 unspecified atom stereocenters. The lowest BCUT2D eigenvalue weighted by Gasteiger charge is -1.97. The van der Waals surface area contributed by atoms with E-state index in [1.165, 1.54) is 11.6 Å². The highest BCUT2D eigenvalue weighted by Gasteiger charge is 2.04. The molecule has 1 amide bonds. The van der Waals surface area contributed by atoms with Crippen LogP contribution in [0.3, 0.4) is 0 Å². The van der Waals surface area contributed by atoms with Crippen molar-refractivity contribution in [2.45, 2.75) is 6.54 Å². The van der Waals surface area contributed by atoms with Crippen LogP contribution in [0.5, 0.6) is 0 Å². The van der Waals surface area contributed by atoms with Gasteiger partial charge in [0, 0.05) is 7.05 Å². The van der Waals surface area contributed by atoms with Gasteiger partial charge in [0.2, 0.25) is 0 Å². The zero-order valence-electron chi connectivity index (χ0n) is 6.37. The van der Waals surface area contributed by atoms with Crippen molar-refractivity contribution in [3.8, 4) is 0 Å². The molecule has 0 aromatic carbocycles. The van der Waals surface area contributed by atoms with E-state index in [0.29, 0.717) is 5.82 Å². The van der Waals surface area contributed by atoms with Gasteiger partial charge in [0.25, 0.3) is 0 Å². The fourth-order valence-corrected chi connectivity index (χ4v) is 0.692. The van der Waals surface area contributed by atoms with Gasteiger partial charge >= 0.3 is 11.8 Å². The molecule has 0 aliphatic rings. The maximum Gasteiger partial charge on any atom is 0.405 e. The summed E-state index contributed by atoms with van der Waals surface area (Å²) < 4.78 is 1.23. The first kappa shape index (κ1) is 8.31. The summed E-state index contributed by atoms with van der Waals surface area (Å²) in [6, 6.07) is 0. The summed E-state index contributed by atoms with van der Waals surface area (Å²) in [7, 11) is 1.50. The third kappa shape index (κ3) is 1.62. The molecule has 66 valence electrons. The second kappa shape index (κ2) is 3.07. The Morgan fingerprint density at radius 3 is 2.92 bits per heavy atom. The molecule has 0 saturated carbocycles. The van der Waals surface area contributed by atoms with Crippen molar-refractivity contribution in [2.75, 3.05) is 0 Å². The molecule has 0 fully saturated rings. The van der Waals surface area contributed by atoms with E-state index in [2.05, 4.69) is 15.5 Å². The number of aromatic nitrogens is 3. The maximum absolute atomic E-state index is 10.8. The monoisotopic (exact) mass is 172 g/mol. The normalized spacial score (nSPS) is 9.75. The van der Waals surface area contributed by atoms with E-state index >= 15 is 0 Å². The first-order valence-electron chi connectivity index (χ1n) is 3.18. The lowest BCUT2D eigenvalue weighted by molar-refractivity contribution is 0.193. The quantitative estimate of drug-likeness (QED) is 0.525. The summed E-state index contributed by atoms with van der Waals surface area (Å²) in [5, 5.41) is 16.1. The zero-order valence-corrected chi connectivity index (χ0v) is 6.37. The predicted molar refractivity (Wildman–Crippen MR) is 38.7 cm³/mol. The molecule has 0 saturated heterocycles. The van der Waals surface area contributed by atoms with E-state index in [9.17, 15) is 9.59 Å². The molecule has 7 nitrogen and oxygen atoms in total. The Bertz CT molecular complexity index is 339. The second-order valence-corrected chi connectivity index (χ2v) is 2.16. The Labute approximate surface area is 67.0 Å². The number of nitrogens with zero attached hydrogens (tertiary/aromatic N) is 2. The van der Waals surface area contributed by atoms with E-state index in [1.54, 1.807) is 0 Å². The molecule has 7 heteroatoms. The molecule has 1 aromatic heterocycles. The van der Waals surface area contributed by atoms with Gasteiger partial charge in [-0.3, -0.25) is 4.57 Å². The largest absolute Gasteiger partial charge is 0.465 e. The van der Waals surface area contributed by atoms with E-state index in [0.717, 1.165) is 0 Å². The Balaban J connectivity index is 2.70. The number of hydrogen-bond acceptors (Lipinski definition) is 3. The Kier molecular flexibility index (Phi) is 2.13. The topological polar surface area (TPSA) is 100 Å². The van der Waals surface area contributed by atoms with E-state index in [-0.39, 0.29) is 12.2 Å². The molecular weight excluding hydrogens is 164 g/mol. The highest BCUT2D eigenvalue weighted by atomic mass is 16.4. The van der Waals surface area contributed by atoms with Crippen LogP contribution in [-0.2, 0) is 13.6 Å². The maximum atomic E-state index is 10.8. The van der Waals surface area contributed by atoms with Crippen LogP contribution < -0.4 is 11.0 Å². The van der Waals surface area contributed by atoms with Crippen molar-refractivity contribution >= 4 is 6.09 Å². The van der Waals surface area contributed by atoms with Crippen LogP contribution in [-0.4, -0.2) is 26.0 Å². The number of H-pyrrole nitrogens is 1. The van der Waals surface area contributed by atoms with Crippen LogP contribution in [0.15, 0.2) is 4.79 Å². The number of amides is 1. The number of rotatable bonds is 2. The minimum absolute atomic E-state index is 0.0184. The number of carbonyl (C=O) groups is 1. The molecule has 0 radical (unpaired) electrons. The van der Waals surface area contributed by atoms with Gasteiger partial charge in [0.1, 0.15) is 0 Å². The van der Waals surface area contributed by atoms with Gasteiger partial charge in [-0.2, -0.15) is 5.10 Å². The summed E-state index contributed by atoms with van der Waals surface area (Å²) >= 11 is 0. The van der Waals surface area contributed by atoms with Gasteiger partial charge < -0.3 is 10.4 Å². The van der Waals surface area contributed by atoms with Crippen molar-refractivity contribution in [1.29, 1.82) is 0 Å². The lowest BCUT2D eigenvalue weighted by atomic mass is 10.6. The summed E-state index contributed by atoms with van der Waals surface area (Å²) in [5.74, 6) is 0.349. The number of hydrogen-bond donors (Lipinski definition) is 3. The fourth-order valence-electron chi connectivity index (χ4n) is 0.692. The van der Waals surface area contributed by atoms with Gasteiger partial charge in [-0.25, -0.2) is 14.7 Å². The van der Waals surface area contributed by atoms with Crippen molar-refractivity contribution in [3.05, 3.63) is 16.3 Å². The molecule has 12 heavy (non-hydrogen) atoms. The molecule has 1 rings (SSSR count). The predicted octanol–water partition coefficient (Wildman–Crippen LogP) is -1.12. The van der Waals surface area contributed by atoms with Crippen LogP contribution in [0.2, 0.25) is 0 Å². The summed E-state index contributed by atoms with van der Waals surface area (Å²) in [6.07, 6.45) is -1.15. The standard InChI is InChI=1S/C5H8N4O3/c1-9-3(2-6-5(11)12)7-8-4(9)10/h6H,2H2,1H3,(H,8,10)(H,11,12). The summed E-state index contributed by atoms with van der Waals surface area (Å²) in [5.41, 5.74) is -0.364. The zero-order chi connectivity index (χ0) is 9.14. The van der Waals surface area contributed by atoms with E-state index in [1.807, 2.05) is 0 Å². The number of carboxylic acid groups (broad SMARTS) is 1. The second-order valence-electron chi connectivity index (χ2n) is 2.16. The number of nitrogens with one attached hydrogen (secondary N) is 2. The van der Waals surface area contributed by atoms with Crippen molar-refractivity contribution in [2.24, 2.45) is 7.05 Å². The first-order chi connectivity index (χ1) is 5.61. The highest BCUT2D eigenvalue weighted by molar-refractivity contribution is 5.64. The van der Waals surface area contributed by atoms with Crippen molar-refractivity contribution in [1.82, 2.24) is 20.1 Å². The van der Waals surface area contributed by atoms with Gasteiger partial charge in [-0.05, 0) is 0 Å². The van der Waals surface area contributed by atoms with Crippen LogP contribution in [0.25, 0.3) is 0 Å². The minimum atomic E-state index is -1.15. The highest BCUT2D eigenvalue weighted by Crippen LogP contribution is 1.84. The summed E-state index contributed by atoms with van der Waals surface area (Å²) in [6.45, 7) is 0.0184. The van der Waals surface area contributed by atoms with Gasteiger partial charge in [-0.1, -0.05) is 0 Å². The Morgan fingerprint density at radius 2 is 2.50 bits per heavy atom. The Hall–Kier alpha value is -1.79.